The van der Waals surface area contributed by atoms with Crippen LogP contribution in [0.3, 0.4) is 0 Å². The lowest BCUT2D eigenvalue weighted by Gasteiger charge is -2.25. The molecule has 1 N–H and O–H groups in total. The number of imidazole rings is 1. The molecule has 3 rings (SSSR count). The maximum absolute atomic E-state index is 4.39. The molecule has 1 unspecified atom stereocenters. The average molecular weight is 310 g/mol. The number of fused-ring (bicyclic) bond motifs is 1. The minimum Gasteiger partial charge on any atom is -0.366 e. The number of nitrogens with zero attached hydrogens (tertiary/aromatic N) is 5. The van der Waals surface area contributed by atoms with Crippen molar-refractivity contribution in [1.29, 1.82) is 0 Å². The van der Waals surface area contributed by atoms with Crippen LogP contribution in [0.5, 0.6) is 0 Å². The highest BCUT2D eigenvalue weighted by Crippen LogP contribution is 2.21. The second-order valence-corrected chi connectivity index (χ2v) is 6.02. The van der Waals surface area contributed by atoms with Gasteiger partial charge in [0.2, 0.25) is 0 Å². The third-order valence-electron chi connectivity index (χ3n) is 4.05. The zero-order valence-electron chi connectivity index (χ0n) is 14.0. The van der Waals surface area contributed by atoms with E-state index in [0.29, 0.717) is 0 Å². The molecule has 0 saturated carbocycles. The zero-order valence-corrected chi connectivity index (χ0v) is 14.0. The van der Waals surface area contributed by atoms with Gasteiger partial charge in [0.15, 0.2) is 11.5 Å². The van der Waals surface area contributed by atoms with Gasteiger partial charge in [-0.1, -0.05) is 29.8 Å². The van der Waals surface area contributed by atoms with E-state index in [0.717, 1.165) is 23.5 Å². The minimum absolute atomic E-state index is 0.254. The summed E-state index contributed by atoms with van der Waals surface area (Å²) in [5, 5.41) is 3.43. The summed E-state index contributed by atoms with van der Waals surface area (Å²) in [6.45, 7) is 2.85. The summed E-state index contributed by atoms with van der Waals surface area (Å²) in [4.78, 5) is 15.2. The summed E-state index contributed by atoms with van der Waals surface area (Å²) in [6, 6.07) is 8.90. The lowest BCUT2D eigenvalue weighted by molar-refractivity contribution is 0.311. The van der Waals surface area contributed by atoms with E-state index in [1.807, 2.05) is 11.6 Å². The lowest BCUT2D eigenvalue weighted by Crippen LogP contribution is -2.27. The highest BCUT2D eigenvalue weighted by Gasteiger charge is 2.15. The molecule has 0 aliphatic rings. The Morgan fingerprint density at radius 3 is 2.57 bits per heavy atom. The van der Waals surface area contributed by atoms with Crippen LogP contribution in [0.15, 0.2) is 36.9 Å². The van der Waals surface area contributed by atoms with E-state index in [-0.39, 0.29) is 6.04 Å². The molecule has 2 heterocycles. The van der Waals surface area contributed by atoms with Crippen LogP contribution in [0.4, 0.5) is 5.82 Å². The Morgan fingerprint density at radius 1 is 1.13 bits per heavy atom. The van der Waals surface area contributed by atoms with Crippen molar-refractivity contribution in [3.05, 3.63) is 48.0 Å². The Balaban J connectivity index is 1.82. The molecule has 1 atom stereocenters. The predicted molar refractivity (Wildman–Crippen MR) is 92.4 cm³/mol. The summed E-state index contributed by atoms with van der Waals surface area (Å²) >= 11 is 0. The van der Waals surface area contributed by atoms with Gasteiger partial charge < -0.3 is 14.8 Å². The molecule has 0 saturated heterocycles. The van der Waals surface area contributed by atoms with Crippen LogP contribution >= 0.6 is 0 Å². The van der Waals surface area contributed by atoms with Gasteiger partial charge in [0.25, 0.3) is 0 Å². The Bertz CT molecular complexity index is 790. The molecule has 0 aliphatic heterocycles. The Morgan fingerprint density at radius 2 is 1.87 bits per heavy atom. The molecular weight excluding hydrogens is 288 g/mol. The second-order valence-electron chi connectivity index (χ2n) is 6.02. The summed E-state index contributed by atoms with van der Waals surface area (Å²) in [5.41, 5.74) is 4.18. The van der Waals surface area contributed by atoms with Crippen molar-refractivity contribution in [3.8, 4) is 0 Å². The SMILES string of the molecule is Cc1ccc(C(CNc2ncnc3c2ncn3C)N(C)C)cc1. The molecule has 0 spiro atoms. The summed E-state index contributed by atoms with van der Waals surface area (Å²) < 4.78 is 1.89. The Kier molecular flexibility index (Phi) is 4.25. The van der Waals surface area contributed by atoms with Gasteiger partial charge in [-0.25, -0.2) is 15.0 Å². The number of aryl methyl sites for hydroxylation is 2. The Labute approximate surface area is 136 Å². The third kappa shape index (κ3) is 3.17. The number of hydrogen-bond donors (Lipinski definition) is 1. The van der Waals surface area contributed by atoms with Crippen molar-refractivity contribution in [2.75, 3.05) is 26.0 Å². The molecule has 0 radical (unpaired) electrons. The van der Waals surface area contributed by atoms with Crippen molar-refractivity contribution < 1.29 is 0 Å². The molecule has 120 valence electrons. The summed E-state index contributed by atoms with van der Waals surface area (Å²) in [7, 11) is 6.10. The number of benzene rings is 1. The standard InChI is InChI=1S/C17H22N6/c1-12-5-7-13(8-6-12)14(22(2)3)9-18-16-15-17(20-10-19-16)23(4)11-21-15/h5-8,10-11,14H,9H2,1-4H3,(H,18,19,20). The number of nitrogens with one attached hydrogen (secondary N) is 1. The fourth-order valence-electron chi connectivity index (χ4n) is 2.66. The molecule has 1 aromatic carbocycles. The van der Waals surface area contributed by atoms with Crippen LogP contribution < -0.4 is 5.32 Å². The highest BCUT2D eigenvalue weighted by molar-refractivity contribution is 5.82. The van der Waals surface area contributed by atoms with Gasteiger partial charge in [-0.15, -0.1) is 0 Å². The van der Waals surface area contributed by atoms with Gasteiger partial charge in [-0.2, -0.15) is 0 Å². The first-order valence-corrected chi connectivity index (χ1v) is 7.65. The number of aromatic nitrogens is 4. The molecule has 23 heavy (non-hydrogen) atoms. The van der Waals surface area contributed by atoms with Crippen LogP contribution in [-0.2, 0) is 7.05 Å². The topological polar surface area (TPSA) is 58.9 Å². The van der Waals surface area contributed by atoms with Gasteiger partial charge in [0.1, 0.15) is 11.8 Å². The van der Waals surface area contributed by atoms with Gasteiger partial charge in [-0.3, -0.25) is 0 Å². The van der Waals surface area contributed by atoms with E-state index in [9.17, 15) is 0 Å². The van der Waals surface area contributed by atoms with E-state index in [2.05, 4.69) is 70.5 Å². The minimum atomic E-state index is 0.254. The van der Waals surface area contributed by atoms with Crippen LogP contribution in [0, 0.1) is 6.92 Å². The molecular formula is C17H22N6. The van der Waals surface area contributed by atoms with Gasteiger partial charge in [0, 0.05) is 13.6 Å². The molecule has 0 fully saturated rings. The fraction of sp³-hybridized carbons (Fsp3) is 0.353. The van der Waals surface area contributed by atoms with E-state index < -0.39 is 0 Å². The van der Waals surface area contributed by atoms with Crippen LogP contribution in [-0.4, -0.2) is 45.1 Å². The molecule has 6 nitrogen and oxygen atoms in total. The highest BCUT2D eigenvalue weighted by atomic mass is 15.2. The molecule has 0 bridgehead atoms. The third-order valence-corrected chi connectivity index (χ3v) is 4.05. The average Bonchev–Trinajstić information content (AvgIpc) is 2.91. The number of hydrogen-bond acceptors (Lipinski definition) is 5. The second kappa shape index (κ2) is 6.34. The number of rotatable bonds is 5. The van der Waals surface area contributed by atoms with E-state index in [1.165, 1.54) is 11.1 Å². The summed E-state index contributed by atoms with van der Waals surface area (Å²) in [6.07, 6.45) is 3.33. The van der Waals surface area contributed by atoms with Crippen LogP contribution in [0.2, 0.25) is 0 Å². The maximum atomic E-state index is 4.39. The molecule has 6 heteroatoms. The maximum Gasteiger partial charge on any atom is 0.165 e. The molecule has 2 aromatic heterocycles. The van der Waals surface area contributed by atoms with Gasteiger partial charge in [-0.05, 0) is 26.6 Å². The smallest absolute Gasteiger partial charge is 0.165 e. The Hall–Kier alpha value is -2.47. The van der Waals surface area contributed by atoms with Gasteiger partial charge >= 0.3 is 0 Å². The molecule has 0 amide bonds. The van der Waals surface area contributed by atoms with Crippen molar-refractivity contribution in [2.24, 2.45) is 7.05 Å². The number of anilines is 1. The fourth-order valence-corrected chi connectivity index (χ4v) is 2.66. The van der Waals surface area contributed by atoms with Gasteiger partial charge in [0.05, 0.1) is 12.4 Å². The van der Waals surface area contributed by atoms with E-state index in [4.69, 9.17) is 0 Å². The van der Waals surface area contributed by atoms with E-state index in [1.54, 1.807) is 12.7 Å². The quantitative estimate of drug-likeness (QED) is 0.784. The predicted octanol–water partition coefficient (Wildman–Crippen LogP) is 2.39. The van der Waals surface area contributed by atoms with E-state index >= 15 is 0 Å². The van der Waals surface area contributed by atoms with Crippen LogP contribution in [0.1, 0.15) is 17.2 Å². The summed E-state index contributed by atoms with van der Waals surface area (Å²) in [5.74, 6) is 0.773. The first kappa shape index (κ1) is 15.4. The van der Waals surface area contributed by atoms with Crippen molar-refractivity contribution in [1.82, 2.24) is 24.4 Å². The first-order valence-electron chi connectivity index (χ1n) is 7.65. The monoisotopic (exact) mass is 310 g/mol. The van der Waals surface area contributed by atoms with Crippen molar-refractivity contribution in [3.63, 3.8) is 0 Å². The lowest BCUT2D eigenvalue weighted by atomic mass is 10.0. The molecule has 3 aromatic rings. The normalized spacial score (nSPS) is 12.7. The van der Waals surface area contributed by atoms with Crippen LogP contribution in [0.25, 0.3) is 11.2 Å². The van der Waals surface area contributed by atoms with Crippen molar-refractivity contribution in [2.45, 2.75) is 13.0 Å². The number of likely N-dealkylation sites (N-methyl/N-ethyl adjacent to an activating group) is 1. The largest absolute Gasteiger partial charge is 0.366 e. The van der Waals surface area contributed by atoms with Crippen molar-refractivity contribution >= 4 is 17.0 Å². The molecule has 0 aliphatic carbocycles. The first-order chi connectivity index (χ1) is 11.1. The zero-order chi connectivity index (χ0) is 16.4.